The first-order chi connectivity index (χ1) is 6.31. The van der Waals surface area contributed by atoms with E-state index in [1.54, 1.807) is 0 Å². The van der Waals surface area contributed by atoms with Crippen LogP contribution in [0.4, 0.5) is 0 Å². The Morgan fingerprint density at radius 2 is 2.38 bits per heavy atom. The number of benzene rings is 1. The van der Waals surface area contributed by atoms with Crippen LogP contribution in [-0.4, -0.2) is 11.9 Å². The summed E-state index contributed by atoms with van der Waals surface area (Å²) in [7, 11) is 0. The van der Waals surface area contributed by atoms with Gasteiger partial charge in [0.1, 0.15) is 5.75 Å². The van der Waals surface area contributed by atoms with Gasteiger partial charge < -0.3 is 4.74 Å². The molecule has 0 aromatic heterocycles. The molecule has 0 bridgehead atoms. The standard InChI is InChI=1S/C11H11BrO/c1-8(7-12)9-2-3-11-10(6-9)4-5-13-11/h2-3,6H,1,4-5,7H2. The lowest BCUT2D eigenvalue weighted by atomic mass is 10.0. The maximum absolute atomic E-state index is 5.43. The van der Waals surface area contributed by atoms with E-state index >= 15 is 0 Å². The third-order valence-corrected chi connectivity index (χ3v) is 2.94. The Kier molecular flexibility index (Phi) is 2.40. The van der Waals surface area contributed by atoms with Gasteiger partial charge in [-0.15, -0.1) is 0 Å². The summed E-state index contributed by atoms with van der Waals surface area (Å²) in [5, 5.41) is 0.826. The van der Waals surface area contributed by atoms with Gasteiger partial charge in [0.25, 0.3) is 0 Å². The molecule has 0 amide bonds. The Morgan fingerprint density at radius 3 is 3.15 bits per heavy atom. The minimum Gasteiger partial charge on any atom is -0.493 e. The van der Waals surface area contributed by atoms with Crippen molar-refractivity contribution in [2.75, 3.05) is 11.9 Å². The van der Waals surface area contributed by atoms with Gasteiger partial charge in [0, 0.05) is 11.8 Å². The van der Waals surface area contributed by atoms with Crippen molar-refractivity contribution in [3.63, 3.8) is 0 Å². The first kappa shape index (κ1) is 8.82. The number of hydrogen-bond donors (Lipinski definition) is 0. The van der Waals surface area contributed by atoms with E-state index in [-0.39, 0.29) is 0 Å². The summed E-state index contributed by atoms with van der Waals surface area (Å²) in [5.74, 6) is 1.03. The molecule has 1 nitrogen and oxygen atoms in total. The molecule has 2 heteroatoms. The largest absolute Gasteiger partial charge is 0.493 e. The summed E-state index contributed by atoms with van der Waals surface area (Å²) in [4.78, 5) is 0. The molecule has 68 valence electrons. The highest BCUT2D eigenvalue weighted by Crippen LogP contribution is 2.28. The van der Waals surface area contributed by atoms with E-state index in [1.807, 2.05) is 6.07 Å². The van der Waals surface area contributed by atoms with Gasteiger partial charge in [-0.1, -0.05) is 28.6 Å². The smallest absolute Gasteiger partial charge is 0.122 e. The van der Waals surface area contributed by atoms with E-state index in [9.17, 15) is 0 Å². The van der Waals surface area contributed by atoms with Crippen LogP contribution in [0.2, 0.25) is 0 Å². The number of fused-ring (bicyclic) bond motifs is 1. The molecule has 0 fully saturated rings. The topological polar surface area (TPSA) is 9.23 Å². The van der Waals surface area contributed by atoms with Crippen LogP contribution >= 0.6 is 15.9 Å². The molecular formula is C11H11BrO. The molecule has 1 aromatic carbocycles. The van der Waals surface area contributed by atoms with Crippen molar-refractivity contribution < 1.29 is 4.74 Å². The van der Waals surface area contributed by atoms with Crippen LogP contribution in [0, 0.1) is 0 Å². The van der Waals surface area contributed by atoms with Crippen molar-refractivity contribution in [1.29, 1.82) is 0 Å². The number of alkyl halides is 1. The fourth-order valence-electron chi connectivity index (χ4n) is 1.48. The summed E-state index contributed by atoms with van der Waals surface area (Å²) in [6.45, 7) is 4.80. The predicted molar refractivity (Wildman–Crippen MR) is 58.5 cm³/mol. The van der Waals surface area contributed by atoms with Crippen molar-refractivity contribution >= 4 is 21.5 Å². The van der Waals surface area contributed by atoms with Crippen molar-refractivity contribution in [2.24, 2.45) is 0 Å². The molecule has 1 aliphatic heterocycles. The first-order valence-electron chi connectivity index (χ1n) is 4.31. The minimum atomic E-state index is 0.819. The van der Waals surface area contributed by atoms with Crippen molar-refractivity contribution in [1.82, 2.24) is 0 Å². The van der Waals surface area contributed by atoms with Crippen LogP contribution in [0.15, 0.2) is 24.8 Å². The van der Waals surface area contributed by atoms with Crippen LogP contribution in [0.1, 0.15) is 11.1 Å². The van der Waals surface area contributed by atoms with Gasteiger partial charge in [-0.25, -0.2) is 0 Å². The predicted octanol–water partition coefficient (Wildman–Crippen LogP) is 3.03. The summed E-state index contributed by atoms with van der Waals surface area (Å²) in [5.41, 5.74) is 3.63. The zero-order chi connectivity index (χ0) is 9.26. The number of hydrogen-bond acceptors (Lipinski definition) is 1. The van der Waals surface area contributed by atoms with E-state index in [0.717, 1.165) is 29.7 Å². The van der Waals surface area contributed by atoms with Gasteiger partial charge in [-0.05, 0) is 28.8 Å². The van der Waals surface area contributed by atoms with Crippen LogP contribution in [0.3, 0.4) is 0 Å². The van der Waals surface area contributed by atoms with Crippen LogP contribution < -0.4 is 4.74 Å². The normalized spacial score (nSPS) is 13.6. The van der Waals surface area contributed by atoms with Crippen molar-refractivity contribution in [3.8, 4) is 5.75 Å². The second-order valence-electron chi connectivity index (χ2n) is 3.16. The van der Waals surface area contributed by atoms with Gasteiger partial charge in [-0.3, -0.25) is 0 Å². The molecule has 0 N–H and O–H groups in total. The fraction of sp³-hybridized carbons (Fsp3) is 0.273. The molecule has 1 aliphatic rings. The van der Waals surface area contributed by atoms with Gasteiger partial charge in [0.2, 0.25) is 0 Å². The molecule has 0 unspecified atom stereocenters. The molecule has 1 heterocycles. The Balaban J connectivity index is 2.36. The third-order valence-electron chi connectivity index (χ3n) is 2.26. The minimum absolute atomic E-state index is 0.819. The number of halogens is 1. The molecule has 0 saturated carbocycles. The Bertz CT molecular complexity index is 344. The third kappa shape index (κ3) is 1.63. The van der Waals surface area contributed by atoms with Gasteiger partial charge in [0.05, 0.1) is 6.61 Å². The average Bonchev–Trinajstić information content (AvgIpc) is 2.63. The van der Waals surface area contributed by atoms with Gasteiger partial charge >= 0.3 is 0 Å². The number of rotatable bonds is 2. The maximum atomic E-state index is 5.43. The molecule has 0 atom stereocenters. The molecule has 0 spiro atoms. The highest BCUT2D eigenvalue weighted by molar-refractivity contribution is 9.09. The lowest BCUT2D eigenvalue weighted by Crippen LogP contribution is -1.85. The highest BCUT2D eigenvalue weighted by atomic mass is 79.9. The first-order valence-corrected chi connectivity index (χ1v) is 5.43. The van der Waals surface area contributed by atoms with E-state index in [0.29, 0.717) is 0 Å². The molecule has 0 radical (unpaired) electrons. The SMILES string of the molecule is C=C(CBr)c1ccc2c(c1)CCO2. The van der Waals surface area contributed by atoms with Crippen LogP contribution in [0.25, 0.3) is 5.57 Å². The zero-order valence-corrected chi connectivity index (χ0v) is 8.93. The van der Waals surface area contributed by atoms with Crippen LogP contribution in [0.5, 0.6) is 5.75 Å². The van der Waals surface area contributed by atoms with E-state index in [2.05, 4.69) is 34.6 Å². The van der Waals surface area contributed by atoms with Crippen molar-refractivity contribution in [3.05, 3.63) is 35.9 Å². The summed E-state index contributed by atoms with van der Waals surface area (Å²) in [6.07, 6.45) is 1.03. The lowest BCUT2D eigenvalue weighted by Gasteiger charge is -2.04. The average molecular weight is 239 g/mol. The van der Waals surface area contributed by atoms with Gasteiger partial charge in [-0.2, -0.15) is 0 Å². The Hall–Kier alpha value is -0.760. The molecule has 1 aromatic rings. The Labute approximate surface area is 86.5 Å². The highest BCUT2D eigenvalue weighted by Gasteiger charge is 2.12. The molecule has 0 aliphatic carbocycles. The molecule has 13 heavy (non-hydrogen) atoms. The summed E-state index contributed by atoms with van der Waals surface area (Å²) < 4.78 is 5.43. The maximum Gasteiger partial charge on any atom is 0.122 e. The molecular weight excluding hydrogens is 228 g/mol. The van der Waals surface area contributed by atoms with Gasteiger partial charge in [0.15, 0.2) is 0 Å². The van der Waals surface area contributed by atoms with E-state index < -0.39 is 0 Å². The van der Waals surface area contributed by atoms with E-state index in [4.69, 9.17) is 4.74 Å². The fourth-order valence-corrected chi connectivity index (χ4v) is 1.81. The molecule has 2 rings (SSSR count). The van der Waals surface area contributed by atoms with E-state index in [1.165, 1.54) is 11.1 Å². The second kappa shape index (κ2) is 3.54. The summed E-state index contributed by atoms with van der Waals surface area (Å²) >= 11 is 3.40. The molecule has 0 saturated heterocycles. The zero-order valence-electron chi connectivity index (χ0n) is 7.35. The summed E-state index contributed by atoms with van der Waals surface area (Å²) in [6, 6.07) is 6.27. The number of allylic oxidation sites excluding steroid dienone is 1. The monoisotopic (exact) mass is 238 g/mol. The van der Waals surface area contributed by atoms with Crippen LogP contribution in [-0.2, 0) is 6.42 Å². The lowest BCUT2D eigenvalue weighted by molar-refractivity contribution is 0.357. The van der Waals surface area contributed by atoms with Crippen molar-refractivity contribution in [2.45, 2.75) is 6.42 Å². The Morgan fingerprint density at radius 1 is 1.54 bits per heavy atom. The second-order valence-corrected chi connectivity index (χ2v) is 3.72. The quantitative estimate of drug-likeness (QED) is 0.721. The number of ether oxygens (including phenoxy) is 1.